The second kappa shape index (κ2) is 8.31. The highest BCUT2D eigenvalue weighted by Crippen LogP contribution is 2.17. The first-order valence-corrected chi connectivity index (χ1v) is 6.28. The predicted octanol–water partition coefficient (Wildman–Crippen LogP) is 1.79. The van der Waals surface area contributed by atoms with Crippen LogP contribution >= 0.6 is 0 Å². The average molecular weight is 302 g/mol. The SMILES string of the molecule is CC(=O)Oc1ccc(OC(C)=O)cc1.O=C1C=CC(=O)C=C1. The normalized spacial score (nSPS) is 12.3. The monoisotopic (exact) mass is 302 g/mol. The molecule has 0 heterocycles. The van der Waals surface area contributed by atoms with E-state index in [0.29, 0.717) is 11.5 Å². The van der Waals surface area contributed by atoms with Gasteiger partial charge in [0.05, 0.1) is 0 Å². The Labute approximate surface area is 127 Å². The minimum absolute atomic E-state index is 0.121. The van der Waals surface area contributed by atoms with E-state index in [9.17, 15) is 19.2 Å². The lowest BCUT2D eigenvalue weighted by atomic mass is 10.2. The zero-order valence-corrected chi connectivity index (χ0v) is 12.1. The van der Waals surface area contributed by atoms with Gasteiger partial charge in [-0.25, -0.2) is 0 Å². The van der Waals surface area contributed by atoms with Crippen LogP contribution in [0.1, 0.15) is 13.8 Å². The molecule has 22 heavy (non-hydrogen) atoms. The highest BCUT2D eigenvalue weighted by molar-refractivity contribution is 6.14. The van der Waals surface area contributed by atoms with Gasteiger partial charge in [-0.2, -0.15) is 0 Å². The van der Waals surface area contributed by atoms with Crippen molar-refractivity contribution in [2.24, 2.45) is 0 Å². The summed E-state index contributed by atoms with van der Waals surface area (Å²) in [7, 11) is 0. The molecule has 0 aromatic heterocycles. The molecule has 0 bridgehead atoms. The van der Waals surface area contributed by atoms with Crippen LogP contribution in [0.15, 0.2) is 48.6 Å². The van der Waals surface area contributed by atoms with E-state index in [0.717, 1.165) is 0 Å². The quantitative estimate of drug-likeness (QED) is 0.470. The van der Waals surface area contributed by atoms with E-state index >= 15 is 0 Å². The van der Waals surface area contributed by atoms with Gasteiger partial charge in [-0.05, 0) is 48.6 Å². The van der Waals surface area contributed by atoms with E-state index in [2.05, 4.69) is 0 Å². The second-order valence-electron chi connectivity index (χ2n) is 4.13. The first-order valence-electron chi connectivity index (χ1n) is 6.28. The summed E-state index contributed by atoms with van der Waals surface area (Å²) in [5, 5.41) is 0. The van der Waals surface area contributed by atoms with Gasteiger partial charge in [-0.3, -0.25) is 19.2 Å². The molecule has 0 aliphatic heterocycles. The summed E-state index contributed by atoms with van der Waals surface area (Å²) in [5.41, 5.74) is 0. The molecule has 1 aromatic rings. The van der Waals surface area contributed by atoms with Crippen LogP contribution in [0, 0.1) is 0 Å². The van der Waals surface area contributed by atoms with Crippen molar-refractivity contribution in [3.8, 4) is 11.5 Å². The number of esters is 2. The Kier molecular flexibility index (Phi) is 6.43. The summed E-state index contributed by atoms with van der Waals surface area (Å²) in [6, 6.07) is 6.22. The molecule has 0 spiro atoms. The maximum Gasteiger partial charge on any atom is 0.308 e. The van der Waals surface area contributed by atoms with Gasteiger partial charge in [0.25, 0.3) is 0 Å². The van der Waals surface area contributed by atoms with E-state index in [4.69, 9.17) is 9.47 Å². The molecule has 0 amide bonds. The van der Waals surface area contributed by atoms with Gasteiger partial charge in [-0.15, -0.1) is 0 Å². The summed E-state index contributed by atoms with van der Waals surface area (Å²) in [6.45, 7) is 2.64. The van der Waals surface area contributed by atoms with E-state index in [1.807, 2.05) is 0 Å². The van der Waals surface area contributed by atoms with Crippen LogP contribution in [-0.2, 0) is 19.2 Å². The zero-order chi connectivity index (χ0) is 16.5. The van der Waals surface area contributed by atoms with Gasteiger partial charge >= 0.3 is 11.9 Å². The van der Waals surface area contributed by atoms with Crippen molar-refractivity contribution < 1.29 is 28.7 Å². The highest BCUT2D eigenvalue weighted by Gasteiger charge is 2.00. The molecule has 1 aliphatic carbocycles. The Morgan fingerprint density at radius 3 is 1.18 bits per heavy atom. The number of hydrogen-bond acceptors (Lipinski definition) is 6. The number of carbonyl (C=O) groups excluding carboxylic acids is 4. The number of benzene rings is 1. The second-order valence-corrected chi connectivity index (χ2v) is 4.13. The standard InChI is InChI=1S/C10H10O4.C6H4O2/c1-7(11)13-9-3-5-10(6-4-9)14-8(2)12;7-5-1-2-6(8)4-3-5/h3-6H,1-2H3;1-4H. The van der Waals surface area contributed by atoms with Gasteiger partial charge in [0.2, 0.25) is 0 Å². The summed E-state index contributed by atoms with van der Waals surface area (Å²) in [4.78, 5) is 41.7. The summed E-state index contributed by atoms with van der Waals surface area (Å²) in [6.07, 6.45) is 5.01. The molecule has 0 radical (unpaired) electrons. The topological polar surface area (TPSA) is 86.7 Å². The fourth-order valence-corrected chi connectivity index (χ4v) is 1.35. The van der Waals surface area contributed by atoms with Gasteiger partial charge in [0.1, 0.15) is 11.5 Å². The van der Waals surface area contributed by atoms with E-state index in [1.165, 1.54) is 38.2 Å². The molecule has 0 saturated heterocycles. The number of hydrogen-bond donors (Lipinski definition) is 0. The summed E-state index contributed by atoms with van der Waals surface area (Å²) >= 11 is 0. The van der Waals surface area contributed by atoms with Crippen LogP contribution < -0.4 is 9.47 Å². The predicted molar refractivity (Wildman–Crippen MR) is 77.4 cm³/mol. The molecule has 0 atom stereocenters. The number of ether oxygens (including phenoxy) is 2. The highest BCUT2D eigenvalue weighted by atomic mass is 16.5. The van der Waals surface area contributed by atoms with Crippen molar-refractivity contribution in [3.63, 3.8) is 0 Å². The minimum Gasteiger partial charge on any atom is -0.427 e. The first kappa shape index (κ1) is 17.0. The average Bonchev–Trinajstić information content (AvgIpc) is 2.44. The largest absolute Gasteiger partial charge is 0.427 e. The molecule has 0 N–H and O–H groups in total. The summed E-state index contributed by atoms with van der Waals surface area (Å²) in [5.74, 6) is -0.161. The fraction of sp³-hybridized carbons (Fsp3) is 0.125. The van der Waals surface area contributed by atoms with E-state index in [-0.39, 0.29) is 23.5 Å². The fourth-order valence-electron chi connectivity index (χ4n) is 1.35. The Morgan fingerprint density at radius 2 is 0.955 bits per heavy atom. The first-order chi connectivity index (χ1) is 10.4. The number of allylic oxidation sites excluding steroid dienone is 4. The lowest BCUT2D eigenvalue weighted by Gasteiger charge is -2.03. The molecule has 0 fully saturated rings. The molecule has 6 nitrogen and oxygen atoms in total. The number of ketones is 2. The molecular weight excluding hydrogens is 288 g/mol. The Hall–Kier alpha value is -3.02. The van der Waals surface area contributed by atoms with Gasteiger partial charge < -0.3 is 9.47 Å². The minimum atomic E-state index is -0.384. The Bertz CT molecular complexity index is 564. The van der Waals surface area contributed by atoms with E-state index in [1.54, 1.807) is 24.3 Å². The zero-order valence-electron chi connectivity index (χ0n) is 12.1. The maximum absolute atomic E-state index is 10.6. The van der Waals surface area contributed by atoms with Gasteiger partial charge in [0.15, 0.2) is 11.6 Å². The van der Waals surface area contributed by atoms with Crippen LogP contribution in [0.2, 0.25) is 0 Å². The molecule has 1 aliphatic rings. The lowest BCUT2D eigenvalue weighted by molar-refractivity contribution is -0.133. The maximum atomic E-state index is 10.6. The third-order valence-corrected chi connectivity index (χ3v) is 2.17. The molecule has 114 valence electrons. The van der Waals surface area contributed by atoms with Crippen molar-refractivity contribution in [2.45, 2.75) is 13.8 Å². The molecule has 0 unspecified atom stereocenters. The van der Waals surface area contributed by atoms with Crippen molar-refractivity contribution in [3.05, 3.63) is 48.6 Å². The van der Waals surface area contributed by atoms with Crippen LogP contribution in [0.5, 0.6) is 11.5 Å². The smallest absolute Gasteiger partial charge is 0.308 e. The third-order valence-electron chi connectivity index (χ3n) is 2.17. The van der Waals surface area contributed by atoms with Crippen molar-refractivity contribution in [2.75, 3.05) is 0 Å². The number of rotatable bonds is 2. The lowest BCUT2D eigenvalue weighted by Crippen LogP contribution is -2.03. The van der Waals surface area contributed by atoms with Crippen LogP contribution in [0.4, 0.5) is 0 Å². The molecule has 1 aromatic carbocycles. The van der Waals surface area contributed by atoms with Crippen LogP contribution in [-0.4, -0.2) is 23.5 Å². The van der Waals surface area contributed by atoms with Crippen molar-refractivity contribution >= 4 is 23.5 Å². The van der Waals surface area contributed by atoms with E-state index < -0.39 is 0 Å². The molecular formula is C16H14O6. The van der Waals surface area contributed by atoms with Crippen LogP contribution in [0.3, 0.4) is 0 Å². The summed E-state index contributed by atoms with van der Waals surface area (Å²) < 4.78 is 9.59. The van der Waals surface area contributed by atoms with Gasteiger partial charge in [-0.1, -0.05) is 0 Å². The Balaban J connectivity index is 0.000000255. The van der Waals surface area contributed by atoms with Crippen LogP contribution in [0.25, 0.3) is 0 Å². The van der Waals surface area contributed by atoms with Crippen molar-refractivity contribution in [1.82, 2.24) is 0 Å². The Morgan fingerprint density at radius 1 is 0.682 bits per heavy atom. The van der Waals surface area contributed by atoms with Gasteiger partial charge in [0, 0.05) is 13.8 Å². The van der Waals surface area contributed by atoms with Crippen molar-refractivity contribution in [1.29, 1.82) is 0 Å². The molecule has 2 rings (SSSR count). The number of carbonyl (C=O) groups is 4. The molecule has 6 heteroatoms. The third kappa shape index (κ3) is 6.95. The molecule has 0 saturated carbocycles.